The van der Waals surface area contributed by atoms with Crippen LogP contribution in [-0.4, -0.2) is 27.4 Å². The van der Waals surface area contributed by atoms with E-state index in [0.717, 1.165) is 11.1 Å². The van der Waals surface area contributed by atoms with Gasteiger partial charge in [0.25, 0.3) is 5.91 Å². The zero-order chi connectivity index (χ0) is 18.2. The van der Waals surface area contributed by atoms with Gasteiger partial charge in [-0.05, 0) is 35.7 Å². The van der Waals surface area contributed by atoms with Crippen molar-refractivity contribution < 1.29 is 9.18 Å². The predicted molar refractivity (Wildman–Crippen MR) is 96.0 cm³/mol. The van der Waals surface area contributed by atoms with Crippen LogP contribution in [0.1, 0.15) is 21.6 Å². The summed E-state index contributed by atoms with van der Waals surface area (Å²) in [5, 5.41) is 5.94. The first-order valence-corrected chi connectivity index (χ1v) is 8.18. The Balaban J connectivity index is 1.51. The van der Waals surface area contributed by atoms with Gasteiger partial charge in [-0.3, -0.25) is 9.78 Å². The van der Waals surface area contributed by atoms with Crippen LogP contribution in [0.2, 0.25) is 0 Å². The van der Waals surface area contributed by atoms with Crippen LogP contribution in [0, 0.1) is 5.82 Å². The average Bonchev–Trinajstić information content (AvgIpc) is 2.69. The monoisotopic (exact) mass is 351 g/mol. The van der Waals surface area contributed by atoms with Gasteiger partial charge < -0.3 is 10.6 Å². The number of benzene rings is 1. The zero-order valence-corrected chi connectivity index (χ0v) is 14.0. The van der Waals surface area contributed by atoms with Crippen LogP contribution in [0.5, 0.6) is 0 Å². The third kappa shape index (κ3) is 5.07. The van der Waals surface area contributed by atoms with Crippen molar-refractivity contribution in [2.75, 3.05) is 11.9 Å². The topological polar surface area (TPSA) is 79.8 Å². The first kappa shape index (κ1) is 17.5. The minimum Gasteiger partial charge on any atom is -0.366 e. The van der Waals surface area contributed by atoms with Crippen molar-refractivity contribution in [1.29, 1.82) is 0 Å². The molecule has 0 unspecified atom stereocenters. The molecule has 2 heterocycles. The van der Waals surface area contributed by atoms with Gasteiger partial charge in [-0.2, -0.15) is 0 Å². The highest BCUT2D eigenvalue weighted by atomic mass is 19.1. The standard InChI is InChI=1S/C19H18FN5O/c20-16-5-3-14(4-6-16)7-9-22-19(26)17-10-18(25-13-24-17)23-12-15-2-1-8-21-11-15/h1-6,8,10-11,13H,7,9,12H2,(H,22,26)(H,23,24,25). The number of anilines is 1. The molecule has 1 aromatic carbocycles. The second kappa shape index (κ2) is 8.66. The molecule has 0 radical (unpaired) electrons. The number of rotatable bonds is 7. The number of amides is 1. The molecule has 0 aliphatic carbocycles. The summed E-state index contributed by atoms with van der Waals surface area (Å²) in [5.41, 5.74) is 2.25. The maximum atomic E-state index is 12.9. The van der Waals surface area contributed by atoms with Gasteiger partial charge in [-0.25, -0.2) is 14.4 Å². The molecule has 1 amide bonds. The summed E-state index contributed by atoms with van der Waals surface area (Å²) < 4.78 is 12.9. The Morgan fingerprint density at radius 3 is 2.69 bits per heavy atom. The second-order valence-electron chi connectivity index (χ2n) is 5.64. The number of hydrogen-bond donors (Lipinski definition) is 2. The number of nitrogens with one attached hydrogen (secondary N) is 2. The summed E-state index contributed by atoms with van der Waals surface area (Å²) in [6, 6.07) is 11.6. The molecule has 3 aromatic rings. The molecule has 2 aromatic heterocycles. The van der Waals surface area contributed by atoms with Gasteiger partial charge in [-0.1, -0.05) is 18.2 Å². The normalized spacial score (nSPS) is 10.3. The third-order valence-electron chi connectivity index (χ3n) is 3.71. The Bertz CT molecular complexity index is 855. The summed E-state index contributed by atoms with van der Waals surface area (Å²) in [6.45, 7) is 0.989. The first-order valence-electron chi connectivity index (χ1n) is 8.18. The minimum atomic E-state index is -0.279. The molecule has 0 aliphatic heterocycles. The number of pyridine rings is 1. The van der Waals surface area contributed by atoms with E-state index >= 15 is 0 Å². The molecule has 7 heteroatoms. The smallest absolute Gasteiger partial charge is 0.270 e. The van der Waals surface area contributed by atoms with Gasteiger partial charge in [0.1, 0.15) is 23.7 Å². The number of carbonyl (C=O) groups excluding carboxylic acids is 1. The Morgan fingerprint density at radius 2 is 1.92 bits per heavy atom. The summed E-state index contributed by atoms with van der Waals surface area (Å²) >= 11 is 0. The van der Waals surface area contributed by atoms with Crippen LogP contribution in [0.3, 0.4) is 0 Å². The lowest BCUT2D eigenvalue weighted by Gasteiger charge is -2.08. The molecule has 0 fully saturated rings. The Hall–Kier alpha value is -3.35. The van der Waals surface area contributed by atoms with E-state index in [9.17, 15) is 9.18 Å². The number of nitrogens with zero attached hydrogens (tertiary/aromatic N) is 3. The number of hydrogen-bond acceptors (Lipinski definition) is 5. The third-order valence-corrected chi connectivity index (χ3v) is 3.71. The quantitative estimate of drug-likeness (QED) is 0.684. The van der Waals surface area contributed by atoms with E-state index < -0.39 is 0 Å². The van der Waals surface area contributed by atoms with Crippen molar-refractivity contribution >= 4 is 11.7 Å². The largest absolute Gasteiger partial charge is 0.366 e. The highest BCUT2D eigenvalue weighted by Gasteiger charge is 2.08. The SMILES string of the molecule is O=C(NCCc1ccc(F)cc1)c1cc(NCc2cccnc2)ncn1. The molecule has 0 bridgehead atoms. The van der Waals surface area contributed by atoms with Crippen LogP contribution in [-0.2, 0) is 13.0 Å². The minimum absolute atomic E-state index is 0.273. The van der Waals surface area contributed by atoms with E-state index in [-0.39, 0.29) is 17.4 Å². The fraction of sp³-hybridized carbons (Fsp3) is 0.158. The van der Waals surface area contributed by atoms with Gasteiger partial charge in [0.05, 0.1) is 0 Å². The number of aromatic nitrogens is 3. The summed E-state index contributed by atoms with van der Waals surface area (Å²) in [7, 11) is 0. The van der Waals surface area contributed by atoms with Crippen LogP contribution >= 0.6 is 0 Å². The van der Waals surface area contributed by atoms with Gasteiger partial charge in [0, 0.05) is 31.5 Å². The molecule has 6 nitrogen and oxygen atoms in total. The molecular formula is C19H18FN5O. The summed E-state index contributed by atoms with van der Waals surface area (Å²) in [6.07, 6.45) is 5.43. The molecule has 0 spiro atoms. The fourth-order valence-corrected chi connectivity index (χ4v) is 2.34. The Kier molecular flexibility index (Phi) is 5.82. The van der Waals surface area contributed by atoms with Gasteiger partial charge in [0.2, 0.25) is 0 Å². The lowest BCUT2D eigenvalue weighted by atomic mass is 10.1. The number of halogens is 1. The molecule has 0 aliphatic rings. The van der Waals surface area contributed by atoms with E-state index in [1.54, 1.807) is 30.6 Å². The summed E-state index contributed by atoms with van der Waals surface area (Å²) in [5.74, 6) is 0.0107. The van der Waals surface area contributed by atoms with Crippen molar-refractivity contribution in [1.82, 2.24) is 20.3 Å². The van der Waals surface area contributed by atoms with Crippen molar-refractivity contribution in [2.24, 2.45) is 0 Å². The van der Waals surface area contributed by atoms with Crippen LogP contribution < -0.4 is 10.6 Å². The molecule has 2 N–H and O–H groups in total. The van der Waals surface area contributed by atoms with E-state index in [2.05, 4.69) is 25.6 Å². The van der Waals surface area contributed by atoms with E-state index in [1.165, 1.54) is 18.5 Å². The second-order valence-corrected chi connectivity index (χ2v) is 5.64. The maximum Gasteiger partial charge on any atom is 0.270 e. The van der Waals surface area contributed by atoms with Gasteiger partial charge in [-0.15, -0.1) is 0 Å². The van der Waals surface area contributed by atoms with Gasteiger partial charge >= 0.3 is 0 Å². The lowest BCUT2D eigenvalue weighted by Crippen LogP contribution is -2.26. The lowest BCUT2D eigenvalue weighted by molar-refractivity contribution is 0.0949. The molecule has 0 atom stereocenters. The van der Waals surface area contributed by atoms with Crippen molar-refractivity contribution in [3.8, 4) is 0 Å². The van der Waals surface area contributed by atoms with Crippen molar-refractivity contribution in [2.45, 2.75) is 13.0 Å². The first-order chi connectivity index (χ1) is 12.7. The zero-order valence-electron chi connectivity index (χ0n) is 14.0. The molecule has 132 valence electrons. The fourth-order valence-electron chi connectivity index (χ4n) is 2.34. The highest BCUT2D eigenvalue weighted by Crippen LogP contribution is 2.07. The van der Waals surface area contributed by atoms with Crippen LogP contribution in [0.15, 0.2) is 61.2 Å². The molecule has 3 rings (SSSR count). The molecule has 0 saturated heterocycles. The molecule has 0 saturated carbocycles. The summed E-state index contributed by atoms with van der Waals surface area (Å²) in [4.78, 5) is 24.4. The van der Waals surface area contributed by atoms with Crippen molar-refractivity contribution in [3.63, 3.8) is 0 Å². The van der Waals surface area contributed by atoms with E-state index in [1.807, 2.05) is 12.1 Å². The molecular weight excluding hydrogens is 333 g/mol. The van der Waals surface area contributed by atoms with Crippen LogP contribution in [0.25, 0.3) is 0 Å². The number of carbonyl (C=O) groups is 1. The van der Waals surface area contributed by atoms with Gasteiger partial charge in [0.15, 0.2) is 0 Å². The van der Waals surface area contributed by atoms with E-state index in [0.29, 0.717) is 25.3 Å². The Labute approximate surface area is 150 Å². The van der Waals surface area contributed by atoms with Crippen LogP contribution in [0.4, 0.5) is 10.2 Å². The van der Waals surface area contributed by atoms with E-state index in [4.69, 9.17) is 0 Å². The maximum absolute atomic E-state index is 12.9. The van der Waals surface area contributed by atoms with Crippen molar-refractivity contribution in [3.05, 3.63) is 83.8 Å². The Morgan fingerprint density at radius 1 is 1.08 bits per heavy atom. The highest BCUT2D eigenvalue weighted by molar-refractivity contribution is 5.92. The average molecular weight is 351 g/mol. The molecule has 26 heavy (non-hydrogen) atoms. The predicted octanol–water partition coefficient (Wildman–Crippen LogP) is 2.60.